The molecule has 2 rings (SSSR count). The monoisotopic (exact) mass is 205 g/mol. The van der Waals surface area contributed by atoms with E-state index in [1.807, 2.05) is 0 Å². The number of benzene rings is 1. The molecule has 0 saturated heterocycles. The summed E-state index contributed by atoms with van der Waals surface area (Å²) in [6, 6.07) is 7.39. The largest absolute Gasteiger partial charge is 0.253 e. The first-order chi connectivity index (χ1) is 7.16. The molecule has 0 aliphatic heterocycles. The number of aromatic nitrogens is 1. The second-order valence-corrected chi connectivity index (χ2v) is 3.33. The summed E-state index contributed by atoms with van der Waals surface area (Å²) in [6.07, 6.45) is 1.16. The Morgan fingerprint density at radius 2 is 1.67 bits per heavy atom. The van der Waals surface area contributed by atoms with Crippen molar-refractivity contribution >= 4 is 0 Å². The van der Waals surface area contributed by atoms with Crippen molar-refractivity contribution in [2.24, 2.45) is 0 Å². The van der Waals surface area contributed by atoms with E-state index in [1.54, 1.807) is 19.1 Å². The van der Waals surface area contributed by atoms with Gasteiger partial charge in [0.2, 0.25) is 0 Å². The molecule has 0 atom stereocenters. The first kappa shape index (κ1) is 9.77. The Morgan fingerprint density at radius 1 is 1.00 bits per heavy atom. The molecule has 0 amide bonds. The summed E-state index contributed by atoms with van der Waals surface area (Å²) in [4.78, 5) is 3.98. The average molecular weight is 205 g/mol. The lowest BCUT2D eigenvalue weighted by Crippen LogP contribution is -1.90. The minimum absolute atomic E-state index is 0.293. The number of pyridine rings is 1. The molecular formula is C12H9F2N. The molecule has 0 aliphatic carbocycles. The molecule has 1 nitrogen and oxygen atoms in total. The maximum atomic E-state index is 12.8. The minimum Gasteiger partial charge on any atom is -0.253 e. The van der Waals surface area contributed by atoms with Crippen LogP contribution in [0.25, 0.3) is 11.3 Å². The standard InChI is InChI=1S/C12H9F2N/c1-8-6-11(14)7-15-12(8)9-2-4-10(13)5-3-9/h2-7H,1H3. The summed E-state index contributed by atoms with van der Waals surface area (Å²) in [7, 11) is 0. The molecule has 15 heavy (non-hydrogen) atoms. The Bertz CT molecular complexity index is 477. The number of hydrogen-bond donors (Lipinski definition) is 0. The Morgan fingerprint density at radius 3 is 2.27 bits per heavy atom. The van der Waals surface area contributed by atoms with Gasteiger partial charge in [0.05, 0.1) is 11.9 Å². The summed E-state index contributed by atoms with van der Waals surface area (Å²) in [5.41, 5.74) is 2.20. The fourth-order valence-corrected chi connectivity index (χ4v) is 1.45. The maximum Gasteiger partial charge on any atom is 0.141 e. The Hall–Kier alpha value is -1.77. The Balaban J connectivity index is 2.49. The molecule has 0 unspecified atom stereocenters. The van der Waals surface area contributed by atoms with Gasteiger partial charge in [0.25, 0.3) is 0 Å². The van der Waals surface area contributed by atoms with Gasteiger partial charge in [0.15, 0.2) is 0 Å². The zero-order valence-electron chi connectivity index (χ0n) is 8.17. The van der Waals surface area contributed by atoms with Gasteiger partial charge in [0.1, 0.15) is 11.6 Å². The first-order valence-electron chi connectivity index (χ1n) is 4.55. The van der Waals surface area contributed by atoms with Crippen LogP contribution in [-0.2, 0) is 0 Å². The van der Waals surface area contributed by atoms with Gasteiger partial charge in [0, 0.05) is 5.56 Å². The summed E-state index contributed by atoms with van der Waals surface area (Å²) in [5, 5.41) is 0. The van der Waals surface area contributed by atoms with Crippen LogP contribution in [0.5, 0.6) is 0 Å². The predicted octanol–water partition coefficient (Wildman–Crippen LogP) is 3.34. The summed E-state index contributed by atoms with van der Waals surface area (Å²) >= 11 is 0. The van der Waals surface area contributed by atoms with Gasteiger partial charge < -0.3 is 0 Å². The molecule has 0 aliphatic rings. The fourth-order valence-electron chi connectivity index (χ4n) is 1.45. The fraction of sp³-hybridized carbons (Fsp3) is 0.0833. The van der Waals surface area contributed by atoms with E-state index in [2.05, 4.69) is 4.98 Å². The van der Waals surface area contributed by atoms with Crippen molar-refractivity contribution in [3.63, 3.8) is 0 Å². The van der Waals surface area contributed by atoms with E-state index >= 15 is 0 Å². The number of nitrogens with zero attached hydrogens (tertiary/aromatic N) is 1. The lowest BCUT2D eigenvalue weighted by molar-refractivity contribution is 0.620. The van der Waals surface area contributed by atoms with Crippen molar-refractivity contribution in [2.45, 2.75) is 6.92 Å². The zero-order chi connectivity index (χ0) is 10.8. The van der Waals surface area contributed by atoms with Crippen LogP contribution in [0, 0.1) is 18.6 Å². The summed E-state index contributed by atoms with van der Waals surface area (Å²) < 4.78 is 25.5. The molecule has 1 heterocycles. The lowest BCUT2D eigenvalue weighted by atomic mass is 10.1. The van der Waals surface area contributed by atoms with Gasteiger partial charge in [-0.15, -0.1) is 0 Å². The van der Waals surface area contributed by atoms with Crippen molar-refractivity contribution in [1.29, 1.82) is 0 Å². The van der Waals surface area contributed by atoms with Crippen LogP contribution in [0.1, 0.15) is 5.56 Å². The second kappa shape index (κ2) is 3.77. The molecule has 0 radical (unpaired) electrons. The molecule has 0 saturated carbocycles. The van der Waals surface area contributed by atoms with Crippen LogP contribution in [-0.4, -0.2) is 4.98 Å². The van der Waals surface area contributed by atoms with Crippen molar-refractivity contribution in [3.8, 4) is 11.3 Å². The zero-order valence-corrected chi connectivity index (χ0v) is 8.17. The molecular weight excluding hydrogens is 196 g/mol. The average Bonchev–Trinajstić information content (AvgIpc) is 2.20. The first-order valence-corrected chi connectivity index (χ1v) is 4.55. The van der Waals surface area contributed by atoms with Gasteiger partial charge in [-0.25, -0.2) is 8.78 Å². The van der Waals surface area contributed by atoms with E-state index in [-0.39, 0.29) is 11.6 Å². The van der Waals surface area contributed by atoms with E-state index < -0.39 is 0 Å². The molecule has 3 heteroatoms. The number of aryl methyl sites for hydroxylation is 1. The third kappa shape index (κ3) is 2.01. The number of halogens is 2. The van der Waals surface area contributed by atoms with Crippen molar-refractivity contribution in [3.05, 3.63) is 53.7 Å². The van der Waals surface area contributed by atoms with Gasteiger partial charge in [-0.1, -0.05) is 0 Å². The van der Waals surface area contributed by atoms with Crippen LogP contribution < -0.4 is 0 Å². The highest BCUT2D eigenvalue weighted by atomic mass is 19.1. The summed E-state index contributed by atoms with van der Waals surface area (Å²) in [5.74, 6) is -0.656. The molecule has 0 spiro atoms. The van der Waals surface area contributed by atoms with Crippen LogP contribution in [0.15, 0.2) is 36.5 Å². The van der Waals surface area contributed by atoms with Crippen LogP contribution in [0.3, 0.4) is 0 Å². The molecule has 0 bridgehead atoms. The minimum atomic E-state index is -0.363. The normalized spacial score (nSPS) is 10.3. The topological polar surface area (TPSA) is 12.9 Å². The van der Waals surface area contributed by atoms with Crippen molar-refractivity contribution < 1.29 is 8.78 Å². The van der Waals surface area contributed by atoms with E-state index in [0.717, 1.165) is 17.3 Å². The van der Waals surface area contributed by atoms with Gasteiger partial charge in [-0.2, -0.15) is 0 Å². The quantitative estimate of drug-likeness (QED) is 0.695. The molecule has 2 aromatic rings. The maximum absolute atomic E-state index is 12.8. The SMILES string of the molecule is Cc1cc(F)cnc1-c1ccc(F)cc1. The van der Waals surface area contributed by atoms with Gasteiger partial charge >= 0.3 is 0 Å². The van der Waals surface area contributed by atoms with Crippen LogP contribution in [0.2, 0.25) is 0 Å². The molecule has 1 aromatic carbocycles. The van der Waals surface area contributed by atoms with Crippen molar-refractivity contribution in [1.82, 2.24) is 4.98 Å². The van der Waals surface area contributed by atoms with Crippen molar-refractivity contribution in [2.75, 3.05) is 0 Å². The second-order valence-electron chi connectivity index (χ2n) is 3.33. The Labute approximate surface area is 86.4 Å². The Kier molecular flexibility index (Phi) is 2.46. The van der Waals surface area contributed by atoms with E-state index in [1.165, 1.54) is 18.2 Å². The molecule has 76 valence electrons. The van der Waals surface area contributed by atoms with Gasteiger partial charge in [-0.3, -0.25) is 4.98 Å². The highest BCUT2D eigenvalue weighted by Crippen LogP contribution is 2.21. The third-order valence-electron chi connectivity index (χ3n) is 2.16. The highest BCUT2D eigenvalue weighted by molar-refractivity contribution is 5.62. The van der Waals surface area contributed by atoms with Gasteiger partial charge in [-0.05, 0) is 42.8 Å². The van der Waals surface area contributed by atoms with Crippen LogP contribution >= 0.6 is 0 Å². The number of rotatable bonds is 1. The van der Waals surface area contributed by atoms with E-state index in [0.29, 0.717) is 5.69 Å². The molecule has 0 N–H and O–H groups in total. The number of hydrogen-bond acceptors (Lipinski definition) is 1. The molecule has 0 fully saturated rings. The van der Waals surface area contributed by atoms with E-state index in [4.69, 9.17) is 0 Å². The van der Waals surface area contributed by atoms with E-state index in [9.17, 15) is 8.78 Å². The van der Waals surface area contributed by atoms with Crippen LogP contribution in [0.4, 0.5) is 8.78 Å². The third-order valence-corrected chi connectivity index (χ3v) is 2.16. The highest BCUT2D eigenvalue weighted by Gasteiger charge is 2.04. The smallest absolute Gasteiger partial charge is 0.141 e. The lowest BCUT2D eigenvalue weighted by Gasteiger charge is -2.04. The molecule has 1 aromatic heterocycles. The summed E-state index contributed by atoms with van der Waals surface area (Å²) in [6.45, 7) is 1.77. The predicted molar refractivity (Wildman–Crippen MR) is 54.3 cm³/mol.